The average Bonchev–Trinajstić information content (AvgIpc) is 2.86. The summed E-state index contributed by atoms with van der Waals surface area (Å²) in [5.74, 6) is 0. The number of hydrogen-bond donors (Lipinski definition) is 0. The third-order valence-electron chi connectivity index (χ3n) is 4.91. The van der Waals surface area contributed by atoms with Crippen LogP contribution >= 0.6 is 0 Å². The monoisotopic (exact) mass is 315 g/mol. The van der Waals surface area contributed by atoms with Gasteiger partial charge in [-0.2, -0.15) is 0 Å². The molecule has 0 saturated heterocycles. The topological polar surface area (TPSA) is 12.4 Å². The van der Waals surface area contributed by atoms with Crippen LogP contribution in [0.2, 0.25) is 0 Å². The number of hydrogen-bond acceptors (Lipinski definition) is 1. The van der Waals surface area contributed by atoms with E-state index in [1.165, 1.54) is 44.5 Å². The normalized spacial score (nSPS) is 14.6. The molecule has 1 nitrogen and oxygen atoms in total. The number of benzene rings is 2. The molecule has 0 aromatic heterocycles. The molecule has 0 N–H and O–H groups in total. The highest BCUT2D eigenvalue weighted by Gasteiger charge is 2.14. The van der Waals surface area contributed by atoms with Crippen molar-refractivity contribution in [2.45, 2.75) is 41.0 Å². The van der Waals surface area contributed by atoms with Gasteiger partial charge in [0.2, 0.25) is 0 Å². The third kappa shape index (κ3) is 3.12. The van der Waals surface area contributed by atoms with Crippen LogP contribution in [0.1, 0.15) is 48.1 Å². The molecule has 2 aromatic rings. The van der Waals surface area contributed by atoms with Crippen LogP contribution in [0.5, 0.6) is 0 Å². The summed E-state index contributed by atoms with van der Waals surface area (Å²) in [6.45, 7) is 10.8. The molecule has 0 bridgehead atoms. The van der Waals surface area contributed by atoms with Gasteiger partial charge in [0.1, 0.15) is 0 Å². The molecule has 0 spiro atoms. The molecule has 3 rings (SSSR count). The first-order valence-corrected chi connectivity index (χ1v) is 8.55. The molecule has 1 heteroatoms. The van der Waals surface area contributed by atoms with Crippen molar-refractivity contribution in [2.75, 3.05) is 0 Å². The van der Waals surface area contributed by atoms with E-state index in [0.717, 1.165) is 12.1 Å². The molecule has 0 amide bonds. The van der Waals surface area contributed by atoms with Crippen LogP contribution in [0.3, 0.4) is 0 Å². The van der Waals surface area contributed by atoms with Gasteiger partial charge in [0.15, 0.2) is 0 Å². The molecule has 0 heterocycles. The molecule has 0 saturated carbocycles. The first-order chi connectivity index (χ1) is 11.5. The van der Waals surface area contributed by atoms with Crippen molar-refractivity contribution in [3.05, 3.63) is 81.4 Å². The minimum absolute atomic E-state index is 1.02. The van der Waals surface area contributed by atoms with Crippen molar-refractivity contribution < 1.29 is 0 Å². The molecule has 2 aromatic carbocycles. The standard InChI is InChI=1S/C23H25N/c1-15-12-17(3)23(18(4)13-15)24-14-20-8-6-7-9-22(20)21-11-10-16(2)19(21)5/h6-10,12-14H,11H2,1-5H3. The van der Waals surface area contributed by atoms with Gasteiger partial charge < -0.3 is 0 Å². The second-order valence-electron chi connectivity index (χ2n) is 6.79. The Morgan fingerprint density at radius 2 is 1.58 bits per heavy atom. The summed E-state index contributed by atoms with van der Waals surface area (Å²) < 4.78 is 0. The van der Waals surface area contributed by atoms with E-state index >= 15 is 0 Å². The molecule has 0 fully saturated rings. The molecule has 0 radical (unpaired) electrons. The molecular formula is C23H25N. The largest absolute Gasteiger partial charge is 0.256 e. The number of nitrogens with zero attached hydrogens (tertiary/aromatic N) is 1. The highest BCUT2D eigenvalue weighted by molar-refractivity contribution is 5.92. The smallest absolute Gasteiger partial charge is 0.0688 e. The Morgan fingerprint density at radius 3 is 2.21 bits per heavy atom. The lowest BCUT2D eigenvalue weighted by molar-refractivity contribution is 1.29. The quantitative estimate of drug-likeness (QED) is 0.574. The van der Waals surface area contributed by atoms with Crippen molar-refractivity contribution >= 4 is 17.5 Å². The fourth-order valence-corrected chi connectivity index (χ4v) is 3.51. The van der Waals surface area contributed by atoms with Gasteiger partial charge in [-0.25, -0.2) is 0 Å². The van der Waals surface area contributed by atoms with Crippen LogP contribution in [-0.4, -0.2) is 6.21 Å². The first-order valence-electron chi connectivity index (χ1n) is 8.55. The minimum atomic E-state index is 1.02. The predicted octanol–water partition coefficient (Wildman–Crippen LogP) is 6.49. The van der Waals surface area contributed by atoms with Crippen molar-refractivity contribution in [1.82, 2.24) is 0 Å². The van der Waals surface area contributed by atoms with E-state index in [1.807, 2.05) is 6.21 Å². The van der Waals surface area contributed by atoms with E-state index < -0.39 is 0 Å². The Bertz CT molecular complexity index is 856. The van der Waals surface area contributed by atoms with Gasteiger partial charge in [-0.3, -0.25) is 4.99 Å². The van der Waals surface area contributed by atoms with Gasteiger partial charge in [-0.05, 0) is 68.9 Å². The highest BCUT2D eigenvalue weighted by Crippen LogP contribution is 2.34. The van der Waals surface area contributed by atoms with Gasteiger partial charge in [0, 0.05) is 11.8 Å². The van der Waals surface area contributed by atoms with Crippen molar-refractivity contribution in [1.29, 1.82) is 0 Å². The van der Waals surface area contributed by atoms with Crippen molar-refractivity contribution in [3.63, 3.8) is 0 Å². The summed E-state index contributed by atoms with van der Waals surface area (Å²) in [5.41, 5.74) is 11.5. The molecule has 24 heavy (non-hydrogen) atoms. The van der Waals surface area contributed by atoms with Crippen LogP contribution in [0.4, 0.5) is 5.69 Å². The zero-order valence-corrected chi connectivity index (χ0v) is 15.3. The Balaban J connectivity index is 2.01. The Morgan fingerprint density at radius 1 is 0.917 bits per heavy atom. The minimum Gasteiger partial charge on any atom is -0.256 e. The maximum absolute atomic E-state index is 4.83. The zero-order valence-electron chi connectivity index (χ0n) is 15.3. The Hall–Kier alpha value is -2.41. The summed E-state index contributed by atoms with van der Waals surface area (Å²) in [7, 11) is 0. The van der Waals surface area contributed by atoms with Gasteiger partial charge in [0.05, 0.1) is 5.69 Å². The summed E-state index contributed by atoms with van der Waals surface area (Å²) in [6.07, 6.45) is 5.35. The van der Waals surface area contributed by atoms with Gasteiger partial charge in [-0.1, -0.05) is 53.6 Å². The Kier molecular flexibility index (Phi) is 4.53. The van der Waals surface area contributed by atoms with E-state index in [2.05, 4.69) is 77.1 Å². The summed E-state index contributed by atoms with van der Waals surface area (Å²) in [5, 5.41) is 0. The lowest BCUT2D eigenvalue weighted by Gasteiger charge is -2.10. The fourth-order valence-electron chi connectivity index (χ4n) is 3.51. The number of aryl methyl sites for hydroxylation is 3. The highest BCUT2D eigenvalue weighted by atomic mass is 14.7. The van der Waals surface area contributed by atoms with Crippen molar-refractivity contribution in [3.8, 4) is 0 Å². The number of rotatable bonds is 3. The Labute approximate surface area is 145 Å². The molecular weight excluding hydrogens is 290 g/mol. The molecule has 1 aliphatic rings. The van der Waals surface area contributed by atoms with E-state index in [0.29, 0.717) is 0 Å². The molecule has 1 aliphatic carbocycles. The van der Waals surface area contributed by atoms with E-state index in [4.69, 9.17) is 4.99 Å². The lowest BCUT2D eigenvalue weighted by Crippen LogP contribution is -1.93. The second-order valence-corrected chi connectivity index (χ2v) is 6.79. The van der Waals surface area contributed by atoms with Crippen LogP contribution in [0.25, 0.3) is 5.57 Å². The lowest BCUT2D eigenvalue weighted by atomic mass is 9.96. The number of allylic oxidation sites excluding steroid dienone is 4. The van der Waals surface area contributed by atoms with E-state index in [1.54, 1.807) is 0 Å². The maximum Gasteiger partial charge on any atom is 0.0688 e. The molecule has 0 aliphatic heterocycles. The maximum atomic E-state index is 4.83. The molecule has 0 unspecified atom stereocenters. The summed E-state index contributed by atoms with van der Waals surface area (Å²) in [6, 6.07) is 13.0. The van der Waals surface area contributed by atoms with Gasteiger partial charge in [-0.15, -0.1) is 0 Å². The second kappa shape index (κ2) is 6.60. The van der Waals surface area contributed by atoms with Gasteiger partial charge in [0.25, 0.3) is 0 Å². The van der Waals surface area contributed by atoms with Crippen LogP contribution in [0, 0.1) is 20.8 Å². The van der Waals surface area contributed by atoms with E-state index in [9.17, 15) is 0 Å². The van der Waals surface area contributed by atoms with Crippen LogP contribution in [-0.2, 0) is 0 Å². The average molecular weight is 315 g/mol. The fraction of sp³-hybridized carbons (Fsp3) is 0.261. The molecule has 122 valence electrons. The van der Waals surface area contributed by atoms with Crippen LogP contribution < -0.4 is 0 Å². The molecule has 0 atom stereocenters. The summed E-state index contributed by atoms with van der Waals surface area (Å²) in [4.78, 5) is 4.83. The first kappa shape index (κ1) is 16.4. The third-order valence-corrected chi connectivity index (χ3v) is 4.91. The predicted molar refractivity (Wildman–Crippen MR) is 105 cm³/mol. The summed E-state index contributed by atoms with van der Waals surface area (Å²) >= 11 is 0. The zero-order chi connectivity index (χ0) is 17.3. The van der Waals surface area contributed by atoms with Gasteiger partial charge >= 0.3 is 0 Å². The van der Waals surface area contributed by atoms with Crippen LogP contribution in [0.15, 0.2) is 58.6 Å². The number of aliphatic imine (C=N–C) groups is 1. The van der Waals surface area contributed by atoms with E-state index in [-0.39, 0.29) is 0 Å². The SMILES string of the molecule is CC1=CCC(c2ccccc2C=Nc2c(C)cc(C)cc2C)=C1C. The van der Waals surface area contributed by atoms with Crippen molar-refractivity contribution in [2.24, 2.45) is 4.99 Å².